The summed E-state index contributed by atoms with van der Waals surface area (Å²) < 4.78 is 4.90. The quantitative estimate of drug-likeness (QED) is 0.646. The molecule has 0 spiro atoms. The second-order valence-electron chi connectivity index (χ2n) is 5.47. The van der Waals surface area contributed by atoms with Crippen LogP contribution in [0.1, 0.15) is 37.0 Å². The minimum absolute atomic E-state index is 0.0315. The van der Waals surface area contributed by atoms with Crippen molar-refractivity contribution in [1.82, 2.24) is 5.32 Å². The highest BCUT2D eigenvalue weighted by atomic mass is 16.5. The normalized spacial score (nSPS) is 14.3. The first-order chi connectivity index (χ1) is 10.9. The number of amides is 3. The molecule has 1 aliphatic heterocycles. The fraction of sp³-hybridized carbons (Fsp3) is 0.375. The number of nitrogens with one attached hydrogen (secondary N) is 1. The topological polar surface area (TPSA) is 92.8 Å². The van der Waals surface area contributed by atoms with E-state index >= 15 is 0 Å². The first-order valence-electron chi connectivity index (χ1n) is 7.31. The van der Waals surface area contributed by atoms with Crippen molar-refractivity contribution in [3.8, 4) is 0 Å². The van der Waals surface area contributed by atoms with E-state index in [0.29, 0.717) is 5.69 Å². The monoisotopic (exact) mass is 318 g/mol. The number of esters is 1. The number of ether oxygens (including phenoxy) is 1. The highest BCUT2D eigenvalue weighted by Crippen LogP contribution is 2.22. The summed E-state index contributed by atoms with van der Waals surface area (Å²) in [5.74, 6) is -1.53. The number of carbonyl (C=O) groups excluding carboxylic acids is 4. The van der Waals surface area contributed by atoms with Gasteiger partial charge in [-0.1, -0.05) is 0 Å². The van der Waals surface area contributed by atoms with Gasteiger partial charge in [0.2, 0.25) is 11.8 Å². The van der Waals surface area contributed by atoms with Gasteiger partial charge >= 0.3 is 5.97 Å². The summed E-state index contributed by atoms with van der Waals surface area (Å²) in [6.45, 7) is 3.25. The first-order valence-corrected chi connectivity index (χ1v) is 7.31. The molecule has 1 fully saturated rings. The molecule has 1 aromatic rings. The molecular weight excluding hydrogens is 300 g/mol. The van der Waals surface area contributed by atoms with Crippen molar-refractivity contribution in [2.75, 3.05) is 11.5 Å². The molecule has 3 amide bonds. The van der Waals surface area contributed by atoms with Crippen LogP contribution in [0.3, 0.4) is 0 Å². The molecule has 0 radical (unpaired) electrons. The van der Waals surface area contributed by atoms with E-state index in [9.17, 15) is 19.2 Å². The van der Waals surface area contributed by atoms with Crippen molar-refractivity contribution in [1.29, 1.82) is 0 Å². The van der Waals surface area contributed by atoms with Crippen molar-refractivity contribution < 1.29 is 23.9 Å². The highest BCUT2D eigenvalue weighted by Gasteiger charge is 2.30. The van der Waals surface area contributed by atoms with Gasteiger partial charge in [-0.25, -0.2) is 4.79 Å². The molecular formula is C16H18N2O5. The lowest BCUT2D eigenvalue weighted by Crippen LogP contribution is -2.34. The van der Waals surface area contributed by atoms with Crippen molar-refractivity contribution >= 4 is 29.4 Å². The molecule has 1 saturated heterocycles. The zero-order valence-corrected chi connectivity index (χ0v) is 13.0. The molecule has 0 aliphatic carbocycles. The van der Waals surface area contributed by atoms with Crippen LogP contribution in [0.15, 0.2) is 24.3 Å². The van der Waals surface area contributed by atoms with Gasteiger partial charge in [0.1, 0.15) is 0 Å². The predicted octanol–water partition coefficient (Wildman–Crippen LogP) is 1.02. The fourth-order valence-electron chi connectivity index (χ4n) is 2.19. The lowest BCUT2D eigenvalue weighted by Gasteiger charge is -2.14. The molecule has 7 nitrogen and oxygen atoms in total. The van der Waals surface area contributed by atoms with Crippen LogP contribution in [0.5, 0.6) is 0 Å². The van der Waals surface area contributed by atoms with E-state index in [2.05, 4.69) is 5.32 Å². The van der Waals surface area contributed by atoms with E-state index in [4.69, 9.17) is 4.74 Å². The van der Waals surface area contributed by atoms with Crippen LogP contribution < -0.4 is 10.2 Å². The number of imide groups is 1. The Labute approximate surface area is 133 Å². The summed E-state index contributed by atoms with van der Waals surface area (Å²) >= 11 is 0. The Kier molecular flexibility index (Phi) is 5.10. The van der Waals surface area contributed by atoms with E-state index in [0.717, 1.165) is 4.90 Å². The van der Waals surface area contributed by atoms with Gasteiger partial charge in [0, 0.05) is 18.9 Å². The van der Waals surface area contributed by atoms with Gasteiger partial charge in [-0.05, 0) is 38.1 Å². The summed E-state index contributed by atoms with van der Waals surface area (Å²) in [7, 11) is 0. The van der Waals surface area contributed by atoms with Gasteiger partial charge in [-0.2, -0.15) is 0 Å². The van der Waals surface area contributed by atoms with Crippen molar-refractivity contribution in [3.63, 3.8) is 0 Å². The summed E-state index contributed by atoms with van der Waals surface area (Å²) in [5, 5.41) is 2.61. The zero-order chi connectivity index (χ0) is 17.0. The smallest absolute Gasteiger partial charge is 0.338 e. The molecule has 7 heteroatoms. The molecule has 122 valence electrons. The number of rotatable bonds is 5. The second kappa shape index (κ2) is 7.04. The third-order valence-corrected chi connectivity index (χ3v) is 3.20. The molecule has 0 unspecified atom stereocenters. The molecule has 0 atom stereocenters. The molecule has 1 heterocycles. The Morgan fingerprint density at radius 1 is 1.13 bits per heavy atom. The van der Waals surface area contributed by atoms with Crippen LogP contribution in [0, 0.1) is 0 Å². The third kappa shape index (κ3) is 4.15. The second-order valence-corrected chi connectivity index (χ2v) is 5.47. The molecule has 23 heavy (non-hydrogen) atoms. The molecule has 1 aromatic carbocycles. The summed E-state index contributed by atoms with van der Waals surface area (Å²) in [5.41, 5.74) is 0.664. The zero-order valence-electron chi connectivity index (χ0n) is 13.0. The molecule has 1 aliphatic rings. The predicted molar refractivity (Wildman–Crippen MR) is 81.7 cm³/mol. The maximum absolute atomic E-state index is 11.8. The van der Waals surface area contributed by atoms with Crippen molar-refractivity contribution in [2.24, 2.45) is 0 Å². The van der Waals surface area contributed by atoms with Crippen molar-refractivity contribution in [3.05, 3.63) is 29.8 Å². The van der Waals surface area contributed by atoms with Crippen LogP contribution in [-0.4, -0.2) is 36.3 Å². The van der Waals surface area contributed by atoms with E-state index in [1.165, 1.54) is 24.3 Å². The lowest BCUT2D eigenvalue weighted by atomic mass is 10.2. The van der Waals surface area contributed by atoms with E-state index in [1.807, 2.05) is 0 Å². The molecule has 0 saturated carbocycles. The van der Waals surface area contributed by atoms with Gasteiger partial charge in [-0.15, -0.1) is 0 Å². The van der Waals surface area contributed by atoms with Crippen LogP contribution in [0.25, 0.3) is 0 Å². The van der Waals surface area contributed by atoms with Crippen LogP contribution in [0.2, 0.25) is 0 Å². The van der Waals surface area contributed by atoms with E-state index < -0.39 is 5.97 Å². The maximum atomic E-state index is 11.8. The van der Waals surface area contributed by atoms with Crippen molar-refractivity contribution in [2.45, 2.75) is 32.7 Å². The average Bonchev–Trinajstić information content (AvgIpc) is 2.83. The number of carbonyl (C=O) groups is 4. The third-order valence-electron chi connectivity index (χ3n) is 3.20. The van der Waals surface area contributed by atoms with Gasteiger partial charge in [-0.3, -0.25) is 19.3 Å². The Bertz CT molecular complexity index is 620. The van der Waals surface area contributed by atoms with E-state index in [1.54, 1.807) is 13.8 Å². The number of hydrogen-bond acceptors (Lipinski definition) is 5. The van der Waals surface area contributed by atoms with Gasteiger partial charge in [0.15, 0.2) is 6.61 Å². The summed E-state index contributed by atoms with van der Waals surface area (Å²) in [6, 6.07) is 5.89. The van der Waals surface area contributed by atoms with Crippen LogP contribution in [0.4, 0.5) is 5.69 Å². The Morgan fingerprint density at radius 2 is 1.70 bits per heavy atom. The number of nitrogens with zero attached hydrogens (tertiary/aromatic N) is 1. The molecule has 0 aromatic heterocycles. The van der Waals surface area contributed by atoms with Gasteiger partial charge in [0.25, 0.3) is 5.91 Å². The SMILES string of the molecule is CC(C)NC(=O)COC(=O)c1ccc(N2C(=O)CCC2=O)cc1. The van der Waals surface area contributed by atoms with Gasteiger partial charge < -0.3 is 10.1 Å². The lowest BCUT2D eigenvalue weighted by molar-refractivity contribution is -0.125. The summed E-state index contributed by atoms with van der Waals surface area (Å²) in [6.07, 6.45) is 0.404. The Hall–Kier alpha value is -2.70. The molecule has 0 bridgehead atoms. The number of benzene rings is 1. The number of anilines is 1. The molecule has 2 rings (SSSR count). The minimum Gasteiger partial charge on any atom is -0.452 e. The Balaban J connectivity index is 1.96. The number of hydrogen-bond donors (Lipinski definition) is 1. The summed E-state index contributed by atoms with van der Waals surface area (Å²) in [4.78, 5) is 47.6. The first kappa shape index (κ1) is 16.7. The van der Waals surface area contributed by atoms with Gasteiger partial charge in [0.05, 0.1) is 11.3 Å². The largest absolute Gasteiger partial charge is 0.452 e. The highest BCUT2D eigenvalue weighted by molar-refractivity contribution is 6.19. The minimum atomic E-state index is -0.644. The standard InChI is InChI=1S/C16H18N2O5/c1-10(2)17-13(19)9-23-16(22)11-3-5-12(6-4-11)18-14(20)7-8-15(18)21/h3-6,10H,7-9H2,1-2H3,(H,17,19). The van der Waals surface area contributed by atoms with E-state index in [-0.39, 0.29) is 48.8 Å². The average molecular weight is 318 g/mol. The van der Waals surface area contributed by atoms with Crippen LogP contribution >= 0.6 is 0 Å². The Morgan fingerprint density at radius 3 is 2.22 bits per heavy atom. The maximum Gasteiger partial charge on any atom is 0.338 e. The van der Waals surface area contributed by atoms with Crippen LogP contribution in [-0.2, 0) is 19.1 Å². The molecule has 1 N–H and O–H groups in total. The fourth-order valence-corrected chi connectivity index (χ4v) is 2.19.